The van der Waals surface area contributed by atoms with Crippen LogP contribution in [-0.2, 0) is 27.3 Å². The number of halogens is 2. The predicted octanol–water partition coefficient (Wildman–Crippen LogP) is 5.10. The number of carbonyl (C=O) groups is 2. The zero-order valence-corrected chi connectivity index (χ0v) is 23.4. The number of nitrogens with zero attached hydrogens (tertiary/aromatic N) is 3. The maximum Gasteiger partial charge on any atom is 0.306 e. The Hall–Kier alpha value is -3.57. The van der Waals surface area contributed by atoms with Crippen LogP contribution in [-0.4, -0.2) is 71.2 Å². The van der Waals surface area contributed by atoms with Crippen LogP contribution >= 0.6 is 0 Å². The molecule has 2 fully saturated rings. The lowest BCUT2D eigenvalue weighted by Crippen LogP contribution is -2.40. The zero-order valence-electron chi connectivity index (χ0n) is 23.4. The van der Waals surface area contributed by atoms with Crippen LogP contribution in [0.3, 0.4) is 0 Å². The molecule has 0 bridgehead atoms. The summed E-state index contributed by atoms with van der Waals surface area (Å²) >= 11 is 0. The number of likely N-dealkylation sites (tertiary alicyclic amines) is 1. The van der Waals surface area contributed by atoms with Crippen molar-refractivity contribution in [2.45, 2.75) is 63.6 Å². The van der Waals surface area contributed by atoms with Gasteiger partial charge in [0.15, 0.2) is 11.4 Å². The van der Waals surface area contributed by atoms with E-state index >= 15 is 4.39 Å². The number of aromatic nitrogens is 1. The molecule has 2 heterocycles. The van der Waals surface area contributed by atoms with E-state index in [1.54, 1.807) is 6.07 Å². The normalized spacial score (nSPS) is 21.1. The summed E-state index contributed by atoms with van der Waals surface area (Å²) in [5.41, 5.74) is 1.75. The lowest BCUT2D eigenvalue weighted by atomic mass is 9.87. The smallest absolute Gasteiger partial charge is 0.306 e. The van der Waals surface area contributed by atoms with Crippen LogP contribution in [0.4, 0.5) is 20.5 Å². The number of rotatable bonds is 10. The SMILES string of the molecule is CN(C)Cc1c(CC(=O)N2CCCC2COC2CCC(C(=O)O)CC2)cc2oc(Nc3ccc(F)cc3)nc2c1F. The minimum Gasteiger partial charge on any atom is -0.481 e. The summed E-state index contributed by atoms with van der Waals surface area (Å²) < 4.78 is 41.0. The first kappa shape index (κ1) is 28.9. The maximum atomic E-state index is 15.8. The van der Waals surface area contributed by atoms with Crippen molar-refractivity contribution in [2.75, 3.05) is 32.6 Å². The second-order valence-corrected chi connectivity index (χ2v) is 11.3. The van der Waals surface area contributed by atoms with Gasteiger partial charge in [-0.2, -0.15) is 4.98 Å². The van der Waals surface area contributed by atoms with Crippen LogP contribution < -0.4 is 5.32 Å². The van der Waals surface area contributed by atoms with E-state index in [2.05, 4.69) is 10.3 Å². The number of hydrogen-bond acceptors (Lipinski definition) is 7. The topological polar surface area (TPSA) is 108 Å². The predicted molar refractivity (Wildman–Crippen MR) is 149 cm³/mol. The molecule has 1 aliphatic carbocycles. The Morgan fingerprint density at radius 2 is 1.88 bits per heavy atom. The van der Waals surface area contributed by atoms with E-state index in [0.717, 1.165) is 12.8 Å². The minimum atomic E-state index is -0.745. The third-order valence-electron chi connectivity index (χ3n) is 7.98. The highest BCUT2D eigenvalue weighted by Crippen LogP contribution is 2.31. The van der Waals surface area contributed by atoms with Gasteiger partial charge in [-0.1, -0.05) is 0 Å². The number of oxazole rings is 1. The van der Waals surface area contributed by atoms with Crippen molar-refractivity contribution in [2.24, 2.45) is 5.92 Å². The first-order valence-corrected chi connectivity index (χ1v) is 14.1. The Labute approximate surface area is 237 Å². The molecule has 1 saturated carbocycles. The second-order valence-electron chi connectivity index (χ2n) is 11.3. The summed E-state index contributed by atoms with van der Waals surface area (Å²) in [4.78, 5) is 32.7. The number of benzene rings is 2. The molecule has 3 aromatic rings. The molecule has 0 radical (unpaired) electrons. The highest BCUT2D eigenvalue weighted by molar-refractivity contribution is 5.83. The summed E-state index contributed by atoms with van der Waals surface area (Å²) in [7, 11) is 3.66. The first-order valence-electron chi connectivity index (χ1n) is 14.1. The van der Waals surface area contributed by atoms with Gasteiger partial charge in [0.2, 0.25) is 5.91 Å². The average Bonchev–Trinajstić information content (AvgIpc) is 3.58. The van der Waals surface area contributed by atoms with Crippen molar-refractivity contribution < 1.29 is 32.6 Å². The van der Waals surface area contributed by atoms with Gasteiger partial charge < -0.3 is 29.4 Å². The van der Waals surface area contributed by atoms with Crippen LogP contribution in [0.25, 0.3) is 11.1 Å². The van der Waals surface area contributed by atoms with Crippen molar-refractivity contribution in [1.82, 2.24) is 14.8 Å². The third-order valence-corrected chi connectivity index (χ3v) is 7.98. The van der Waals surface area contributed by atoms with E-state index in [0.29, 0.717) is 55.6 Å². The van der Waals surface area contributed by atoms with E-state index < -0.39 is 11.8 Å². The summed E-state index contributed by atoms with van der Waals surface area (Å²) in [6.07, 6.45) is 4.35. The Bertz CT molecular complexity index is 1390. The Balaban J connectivity index is 1.29. The zero-order chi connectivity index (χ0) is 29.1. The van der Waals surface area contributed by atoms with Crippen molar-refractivity contribution in [3.05, 3.63) is 53.1 Å². The van der Waals surface area contributed by atoms with Gasteiger partial charge in [-0.25, -0.2) is 8.78 Å². The van der Waals surface area contributed by atoms with Crippen LogP contribution in [0.1, 0.15) is 49.7 Å². The van der Waals surface area contributed by atoms with Crippen molar-refractivity contribution >= 4 is 34.7 Å². The number of carboxylic acid groups (broad SMARTS) is 1. The van der Waals surface area contributed by atoms with Crippen LogP contribution in [0.2, 0.25) is 0 Å². The van der Waals surface area contributed by atoms with E-state index in [1.807, 2.05) is 23.9 Å². The van der Waals surface area contributed by atoms with E-state index in [-0.39, 0.29) is 59.9 Å². The number of amides is 1. The molecular weight excluding hydrogens is 534 g/mol. The largest absolute Gasteiger partial charge is 0.481 e. The average molecular weight is 571 g/mol. The fourth-order valence-electron chi connectivity index (χ4n) is 5.80. The van der Waals surface area contributed by atoms with Gasteiger partial charge >= 0.3 is 5.97 Å². The molecule has 5 rings (SSSR count). The lowest BCUT2D eigenvalue weighted by molar-refractivity contribution is -0.144. The Kier molecular flexibility index (Phi) is 8.84. The van der Waals surface area contributed by atoms with Gasteiger partial charge in [0.25, 0.3) is 6.01 Å². The highest BCUT2D eigenvalue weighted by atomic mass is 19.1. The molecule has 41 heavy (non-hydrogen) atoms. The van der Waals surface area contributed by atoms with E-state index in [4.69, 9.17) is 9.15 Å². The minimum absolute atomic E-state index is 0.00974. The molecule has 2 aromatic carbocycles. The third kappa shape index (κ3) is 6.84. The number of carboxylic acids is 1. The monoisotopic (exact) mass is 570 g/mol. The van der Waals surface area contributed by atoms with Gasteiger partial charge in [-0.3, -0.25) is 9.59 Å². The molecule has 9 nitrogen and oxygen atoms in total. The highest BCUT2D eigenvalue weighted by Gasteiger charge is 2.32. The molecule has 1 atom stereocenters. The van der Waals surface area contributed by atoms with Gasteiger partial charge in [-0.05, 0) is 88.5 Å². The molecule has 1 aliphatic heterocycles. The lowest BCUT2D eigenvalue weighted by Gasteiger charge is -2.30. The standard InChI is InChI=1S/C30H36F2N4O5/c1-35(2)16-24-19(14-25-28(27(24)32)34-30(41-25)33-21-9-7-20(31)8-10-21)15-26(37)36-13-3-4-22(36)17-40-23-11-5-18(6-12-23)29(38)39/h7-10,14,18,22-23H,3-6,11-13,15-17H2,1-2H3,(H,33,34)(H,38,39). The molecule has 2 aliphatic rings. The molecule has 1 saturated heterocycles. The summed E-state index contributed by atoms with van der Waals surface area (Å²) in [6.45, 7) is 1.30. The van der Waals surface area contributed by atoms with E-state index in [9.17, 15) is 19.1 Å². The molecule has 1 amide bonds. The fraction of sp³-hybridized carbons (Fsp3) is 0.500. The molecule has 220 valence electrons. The van der Waals surface area contributed by atoms with Gasteiger partial charge in [0.1, 0.15) is 11.3 Å². The van der Waals surface area contributed by atoms with Crippen LogP contribution in [0.15, 0.2) is 34.7 Å². The van der Waals surface area contributed by atoms with Crippen molar-refractivity contribution in [3.63, 3.8) is 0 Å². The number of aliphatic carboxylic acids is 1. The number of fused-ring (bicyclic) bond motifs is 1. The Morgan fingerprint density at radius 1 is 1.15 bits per heavy atom. The van der Waals surface area contributed by atoms with Crippen LogP contribution in [0.5, 0.6) is 0 Å². The van der Waals surface area contributed by atoms with E-state index in [1.165, 1.54) is 24.3 Å². The van der Waals surface area contributed by atoms with Gasteiger partial charge in [0.05, 0.1) is 31.1 Å². The van der Waals surface area contributed by atoms with Crippen molar-refractivity contribution in [1.29, 1.82) is 0 Å². The maximum absolute atomic E-state index is 15.8. The molecule has 2 N–H and O–H groups in total. The number of carbonyl (C=O) groups excluding carboxylic acids is 1. The van der Waals surface area contributed by atoms with Gasteiger partial charge in [-0.15, -0.1) is 0 Å². The molecule has 0 spiro atoms. The molecule has 11 heteroatoms. The number of hydrogen-bond donors (Lipinski definition) is 2. The quantitative estimate of drug-likeness (QED) is 0.347. The molecule has 1 unspecified atom stereocenters. The first-order chi connectivity index (χ1) is 19.7. The number of nitrogens with one attached hydrogen (secondary N) is 1. The summed E-state index contributed by atoms with van der Waals surface area (Å²) in [5, 5.41) is 12.1. The second kappa shape index (κ2) is 12.5. The summed E-state index contributed by atoms with van der Waals surface area (Å²) in [6, 6.07) is 7.33. The molecular formula is C30H36F2N4O5. The van der Waals surface area contributed by atoms with Gasteiger partial charge in [0, 0.05) is 24.3 Å². The number of anilines is 2. The number of ether oxygens (including phenoxy) is 1. The van der Waals surface area contributed by atoms with Crippen molar-refractivity contribution in [3.8, 4) is 0 Å². The summed E-state index contributed by atoms with van der Waals surface area (Å²) in [5.74, 6) is -2.06. The molecule has 1 aromatic heterocycles. The Morgan fingerprint density at radius 3 is 2.56 bits per heavy atom. The van der Waals surface area contributed by atoms with Crippen LogP contribution in [0, 0.1) is 17.6 Å². The fourth-order valence-corrected chi connectivity index (χ4v) is 5.80.